The van der Waals surface area contributed by atoms with Crippen LogP contribution in [0.2, 0.25) is 0 Å². The summed E-state index contributed by atoms with van der Waals surface area (Å²) in [4.78, 5) is 8.58. The number of aryl methyl sites for hydroxylation is 1. The van der Waals surface area contributed by atoms with Crippen molar-refractivity contribution in [3.8, 4) is 5.75 Å². The molecule has 0 saturated heterocycles. The number of ether oxygens (including phenoxy) is 1. The maximum absolute atomic E-state index is 13.7. The number of aliphatic imine (C=N–C) groups is 1. The van der Waals surface area contributed by atoms with Crippen molar-refractivity contribution >= 4 is 5.96 Å². The Bertz CT molecular complexity index is 670. The van der Waals surface area contributed by atoms with Gasteiger partial charge in [0.2, 0.25) is 0 Å². The lowest BCUT2D eigenvalue weighted by Crippen LogP contribution is -2.37. The summed E-state index contributed by atoms with van der Waals surface area (Å²) in [5.74, 6) is 1.26. The molecule has 0 atom stereocenters. The molecule has 8 heteroatoms. The quantitative estimate of drug-likeness (QED) is 0.618. The molecule has 1 aromatic carbocycles. The average molecular weight is 320 g/mol. The van der Waals surface area contributed by atoms with Crippen LogP contribution in [0.1, 0.15) is 18.3 Å². The minimum atomic E-state index is -0.391. The zero-order chi connectivity index (χ0) is 16.7. The fourth-order valence-corrected chi connectivity index (χ4v) is 1.96. The maximum Gasteiger partial charge on any atom is 0.191 e. The molecule has 23 heavy (non-hydrogen) atoms. The molecule has 2 rings (SSSR count). The number of halogens is 1. The van der Waals surface area contributed by atoms with Gasteiger partial charge < -0.3 is 15.4 Å². The molecule has 0 saturated carbocycles. The molecule has 0 spiro atoms. The molecule has 7 nitrogen and oxygen atoms in total. The summed E-state index contributed by atoms with van der Waals surface area (Å²) in [5.41, 5.74) is 0.763. The molecule has 0 fully saturated rings. The SMILES string of the molecule is CCNC(=NCc1ccc(OC)c(F)c1)NCc1ncnn1C. The number of nitrogens with zero attached hydrogens (tertiary/aromatic N) is 4. The van der Waals surface area contributed by atoms with Crippen LogP contribution in [0, 0.1) is 5.82 Å². The first-order chi connectivity index (χ1) is 11.1. The van der Waals surface area contributed by atoms with Crippen LogP contribution in [0.3, 0.4) is 0 Å². The Labute approximate surface area is 134 Å². The molecule has 0 bridgehead atoms. The van der Waals surface area contributed by atoms with Crippen LogP contribution in [0.4, 0.5) is 4.39 Å². The third kappa shape index (κ3) is 4.67. The molecule has 0 unspecified atom stereocenters. The summed E-state index contributed by atoms with van der Waals surface area (Å²) in [6.45, 7) is 3.56. The number of rotatable bonds is 6. The number of aromatic nitrogens is 3. The van der Waals surface area contributed by atoms with E-state index in [9.17, 15) is 4.39 Å². The predicted octanol–water partition coefficient (Wildman–Crippen LogP) is 1.22. The average Bonchev–Trinajstić information content (AvgIpc) is 2.95. The van der Waals surface area contributed by atoms with Gasteiger partial charge in [-0.1, -0.05) is 6.07 Å². The lowest BCUT2D eigenvalue weighted by atomic mass is 10.2. The maximum atomic E-state index is 13.7. The molecular weight excluding hydrogens is 299 g/mol. The van der Waals surface area contributed by atoms with Gasteiger partial charge in [-0.15, -0.1) is 0 Å². The van der Waals surface area contributed by atoms with E-state index in [1.165, 1.54) is 19.5 Å². The molecule has 124 valence electrons. The fourth-order valence-electron chi connectivity index (χ4n) is 1.96. The lowest BCUT2D eigenvalue weighted by molar-refractivity contribution is 0.386. The Hall–Kier alpha value is -2.64. The molecule has 2 N–H and O–H groups in total. The standard InChI is InChI=1S/C15H21FN6O/c1-4-17-15(19-9-14-20-10-21-22(14)2)18-8-11-5-6-13(23-3)12(16)7-11/h5-7,10H,4,8-9H2,1-3H3,(H2,17,18,19). The van der Waals surface area contributed by atoms with E-state index in [2.05, 4.69) is 25.7 Å². The topological polar surface area (TPSA) is 76.4 Å². The van der Waals surface area contributed by atoms with Gasteiger partial charge in [-0.05, 0) is 24.6 Å². The summed E-state index contributed by atoms with van der Waals surface area (Å²) in [6.07, 6.45) is 1.50. The first kappa shape index (κ1) is 16.7. The summed E-state index contributed by atoms with van der Waals surface area (Å²) >= 11 is 0. The molecule has 0 aliphatic carbocycles. The molecule has 0 radical (unpaired) electrons. The normalized spacial score (nSPS) is 11.4. The van der Waals surface area contributed by atoms with E-state index in [0.29, 0.717) is 19.0 Å². The fraction of sp³-hybridized carbons (Fsp3) is 0.400. The van der Waals surface area contributed by atoms with Gasteiger partial charge in [0.1, 0.15) is 12.2 Å². The Balaban J connectivity index is 2.00. The smallest absolute Gasteiger partial charge is 0.191 e. The third-order valence-corrected chi connectivity index (χ3v) is 3.20. The van der Waals surface area contributed by atoms with Crippen LogP contribution in [-0.2, 0) is 20.1 Å². The summed E-state index contributed by atoms with van der Waals surface area (Å²) in [7, 11) is 3.27. The zero-order valence-corrected chi connectivity index (χ0v) is 13.5. The second-order valence-corrected chi connectivity index (χ2v) is 4.82. The Morgan fingerprint density at radius 1 is 1.39 bits per heavy atom. The van der Waals surface area contributed by atoms with Gasteiger partial charge in [-0.25, -0.2) is 14.4 Å². The molecule has 0 aliphatic rings. The first-order valence-corrected chi connectivity index (χ1v) is 7.31. The second-order valence-electron chi connectivity index (χ2n) is 4.82. The second kappa shape index (κ2) is 8.11. The van der Waals surface area contributed by atoms with Gasteiger partial charge in [0, 0.05) is 13.6 Å². The van der Waals surface area contributed by atoms with Crippen molar-refractivity contribution < 1.29 is 9.13 Å². The largest absolute Gasteiger partial charge is 0.494 e. The zero-order valence-electron chi connectivity index (χ0n) is 13.5. The van der Waals surface area contributed by atoms with Gasteiger partial charge in [0.05, 0.1) is 20.2 Å². The number of guanidine groups is 1. The van der Waals surface area contributed by atoms with Gasteiger partial charge in [0.25, 0.3) is 0 Å². The highest BCUT2D eigenvalue weighted by atomic mass is 19.1. The molecule has 2 aromatic rings. The predicted molar refractivity (Wildman–Crippen MR) is 85.6 cm³/mol. The number of hydrogen-bond donors (Lipinski definition) is 2. The van der Waals surface area contributed by atoms with E-state index >= 15 is 0 Å². The first-order valence-electron chi connectivity index (χ1n) is 7.31. The van der Waals surface area contributed by atoms with E-state index in [4.69, 9.17) is 4.74 Å². The van der Waals surface area contributed by atoms with Crippen molar-refractivity contribution in [1.82, 2.24) is 25.4 Å². The minimum absolute atomic E-state index is 0.227. The summed E-state index contributed by atoms with van der Waals surface area (Å²) in [5, 5.41) is 10.3. The number of methoxy groups -OCH3 is 1. The third-order valence-electron chi connectivity index (χ3n) is 3.20. The lowest BCUT2D eigenvalue weighted by Gasteiger charge is -2.11. The van der Waals surface area contributed by atoms with Crippen molar-refractivity contribution in [1.29, 1.82) is 0 Å². The summed E-state index contributed by atoms with van der Waals surface area (Å²) in [6, 6.07) is 4.81. The van der Waals surface area contributed by atoms with E-state index in [0.717, 1.165) is 17.9 Å². The summed E-state index contributed by atoms with van der Waals surface area (Å²) < 4.78 is 20.3. The van der Waals surface area contributed by atoms with Crippen LogP contribution >= 0.6 is 0 Å². The van der Waals surface area contributed by atoms with Crippen LogP contribution in [-0.4, -0.2) is 34.4 Å². The van der Waals surface area contributed by atoms with Crippen LogP contribution in [0.15, 0.2) is 29.5 Å². The van der Waals surface area contributed by atoms with Crippen molar-refractivity contribution in [3.05, 3.63) is 41.7 Å². The van der Waals surface area contributed by atoms with Crippen LogP contribution in [0.25, 0.3) is 0 Å². The van der Waals surface area contributed by atoms with E-state index in [1.54, 1.807) is 16.8 Å². The van der Waals surface area contributed by atoms with Crippen molar-refractivity contribution in [2.24, 2.45) is 12.0 Å². The van der Waals surface area contributed by atoms with Gasteiger partial charge in [-0.3, -0.25) is 4.68 Å². The van der Waals surface area contributed by atoms with Gasteiger partial charge >= 0.3 is 0 Å². The van der Waals surface area contributed by atoms with Gasteiger partial charge in [-0.2, -0.15) is 5.10 Å². The monoisotopic (exact) mass is 320 g/mol. The minimum Gasteiger partial charge on any atom is -0.494 e. The molecule has 1 aromatic heterocycles. The van der Waals surface area contributed by atoms with Crippen LogP contribution in [0.5, 0.6) is 5.75 Å². The van der Waals surface area contributed by atoms with E-state index < -0.39 is 5.82 Å². The Morgan fingerprint density at radius 3 is 2.83 bits per heavy atom. The Kier molecular flexibility index (Phi) is 5.90. The van der Waals surface area contributed by atoms with Crippen molar-refractivity contribution in [2.75, 3.05) is 13.7 Å². The van der Waals surface area contributed by atoms with E-state index in [-0.39, 0.29) is 5.75 Å². The van der Waals surface area contributed by atoms with Crippen molar-refractivity contribution in [3.63, 3.8) is 0 Å². The van der Waals surface area contributed by atoms with E-state index in [1.807, 2.05) is 14.0 Å². The van der Waals surface area contributed by atoms with Crippen LogP contribution < -0.4 is 15.4 Å². The molecule has 1 heterocycles. The Morgan fingerprint density at radius 2 is 2.22 bits per heavy atom. The highest BCUT2D eigenvalue weighted by molar-refractivity contribution is 5.79. The highest BCUT2D eigenvalue weighted by Gasteiger charge is 2.05. The molecule has 0 amide bonds. The molecular formula is C15H21FN6O. The van der Waals surface area contributed by atoms with Crippen molar-refractivity contribution in [2.45, 2.75) is 20.0 Å². The number of hydrogen-bond acceptors (Lipinski definition) is 4. The van der Waals surface area contributed by atoms with Gasteiger partial charge in [0.15, 0.2) is 17.5 Å². The number of benzene rings is 1. The number of nitrogens with one attached hydrogen (secondary N) is 2. The highest BCUT2D eigenvalue weighted by Crippen LogP contribution is 2.17. The molecule has 0 aliphatic heterocycles.